The molecule has 1 N–H and O–H groups in total. The lowest BCUT2D eigenvalue weighted by atomic mass is 9.97. The Morgan fingerprint density at radius 1 is 1.04 bits per heavy atom. The second-order valence-corrected chi connectivity index (χ2v) is 6.67. The third-order valence-corrected chi connectivity index (χ3v) is 4.33. The first-order valence-electron chi connectivity index (χ1n) is 8.74. The van der Waals surface area contributed by atoms with Crippen LogP contribution in [0.2, 0.25) is 0 Å². The highest BCUT2D eigenvalue weighted by molar-refractivity contribution is 5.89. The van der Waals surface area contributed by atoms with Gasteiger partial charge in [-0.15, -0.1) is 0 Å². The number of amides is 2. The predicted molar refractivity (Wildman–Crippen MR) is 103 cm³/mol. The van der Waals surface area contributed by atoms with E-state index in [9.17, 15) is 4.79 Å². The maximum atomic E-state index is 12.7. The Hall–Kier alpha value is -2.49. The van der Waals surface area contributed by atoms with Gasteiger partial charge in [-0.3, -0.25) is 0 Å². The van der Waals surface area contributed by atoms with Gasteiger partial charge in [0.1, 0.15) is 5.75 Å². The van der Waals surface area contributed by atoms with Gasteiger partial charge in [0.2, 0.25) is 0 Å². The number of nitrogens with one attached hydrogen (secondary N) is 1. The molecule has 4 nitrogen and oxygen atoms in total. The Morgan fingerprint density at radius 3 is 2.24 bits per heavy atom. The number of carbonyl (C=O) groups is 1. The first kappa shape index (κ1) is 18.8. The van der Waals surface area contributed by atoms with Crippen LogP contribution >= 0.6 is 0 Å². The van der Waals surface area contributed by atoms with E-state index in [0.29, 0.717) is 5.92 Å². The summed E-state index contributed by atoms with van der Waals surface area (Å²) in [6, 6.07) is 17.5. The van der Waals surface area contributed by atoms with E-state index in [1.807, 2.05) is 49.5 Å². The molecule has 0 aliphatic rings. The number of ether oxygens (including phenoxy) is 1. The van der Waals surface area contributed by atoms with Gasteiger partial charge in [-0.25, -0.2) is 4.79 Å². The number of carbonyl (C=O) groups excluding carboxylic acids is 1. The summed E-state index contributed by atoms with van der Waals surface area (Å²) in [5.41, 5.74) is 1.92. The minimum atomic E-state index is -0.109. The third-order valence-electron chi connectivity index (χ3n) is 4.33. The molecule has 2 aromatic rings. The molecule has 1 unspecified atom stereocenters. The van der Waals surface area contributed by atoms with Crippen LogP contribution in [0, 0.1) is 5.92 Å². The number of methoxy groups -OCH3 is 1. The van der Waals surface area contributed by atoms with Gasteiger partial charge in [-0.1, -0.05) is 44.2 Å². The summed E-state index contributed by atoms with van der Waals surface area (Å²) in [5, 5.41) is 2.96. The van der Waals surface area contributed by atoms with Crippen LogP contribution in [-0.2, 0) is 0 Å². The van der Waals surface area contributed by atoms with Crippen molar-refractivity contribution < 1.29 is 9.53 Å². The van der Waals surface area contributed by atoms with Crippen LogP contribution in [-0.4, -0.2) is 25.1 Å². The molecule has 0 aliphatic heterocycles. The fourth-order valence-corrected chi connectivity index (χ4v) is 2.78. The number of hydrogen-bond acceptors (Lipinski definition) is 2. The van der Waals surface area contributed by atoms with E-state index in [0.717, 1.165) is 29.8 Å². The van der Waals surface area contributed by atoms with Gasteiger partial charge >= 0.3 is 6.03 Å². The predicted octanol–water partition coefficient (Wildman–Crippen LogP) is 5.34. The van der Waals surface area contributed by atoms with E-state index in [2.05, 4.69) is 31.3 Å². The third kappa shape index (κ3) is 5.52. The molecular weight excluding hydrogens is 312 g/mol. The van der Waals surface area contributed by atoms with Crippen molar-refractivity contribution in [2.75, 3.05) is 19.5 Å². The summed E-state index contributed by atoms with van der Waals surface area (Å²) >= 11 is 0. The molecule has 1 atom stereocenters. The Balaban J connectivity index is 2.10. The van der Waals surface area contributed by atoms with Crippen LogP contribution in [0.5, 0.6) is 5.75 Å². The molecule has 0 fully saturated rings. The van der Waals surface area contributed by atoms with E-state index in [-0.39, 0.29) is 12.1 Å². The van der Waals surface area contributed by atoms with Crippen molar-refractivity contribution in [2.24, 2.45) is 5.92 Å². The summed E-state index contributed by atoms with van der Waals surface area (Å²) in [7, 11) is 3.48. The number of urea groups is 1. The number of hydrogen-bond donors (Lipinski definition) is 1. The van der Waals surface area contributed by atoms with E-state index in [1.165, 1.54) is 0 Å². The Bertz CT molecular complexity index is 653. The fourth-order valence-electron chi connectivity index (χ4n) is 2.78. The van der Waals surface area contributed by atoms with Crippen molar-refractivity contribution in [2.45, 2.75) is 32.7 Å². The van der Waals surface area contributed by atoms with Gasteiger partial charge in [-0.05, 0) is 48.6 Å². The van der Waals surface area contributed by atoms with Crippen LogP contribution in [0.15, 0.2) is 54.6 Å². The number of rotatable bonds is 7. The lowest BCUT2D eigenvalue weighted by Crippen LogP contribution is -2.35. The van der Waals surface area contributed by atoms with Crippen LogP contribution < -0.4 is 10.1 Å². The summed E-state index contributed by atoms with van der Waals surface area (Å²) in [6.45, 7) is 4.42. The van der Waals surface area contributed by atoms with Crippen molar-refractivity contribution >= 4 is 11.7 Å². The highest BCUT2D eigenvalue weighted by atomic mass is 16.5. The van der Waals surface area contributed by atoms with Gasteiger partial charge in [0.25, 0.3) is 0 Å². The van der Waals surface area contributed by atoms with Crippen molar-refractivity contribution in [3.8, 4) is 5.75 Å². The normalized spacial score (nSPS) is 11.9. The average Bonchev–Trinajstić information content (AvgIpc) is 2.63. The molecule has 0 spiro atoms. The molecule has 0 aromatic heterocycles. The van der Waals surface area contributed by atoms with Gasteiger partial charge in [0.05, 0.1) is 13.2 Å². The van der Waals surface area contributed by atoms with E-state index >= 15 is 0 Å². The maximum absolute atomic E-state index is 12.7. The first-order chi connectivity index (χ1) is 12.0. The zero-order valence-corrected chi connectivity index (χ0v) is 15.5. The molecule has 0 saturated carbocycles. The molecule has 0 saturated heterocycles. The summed E-state index contributed by atoms with van der Waals surface area (Å²) in [5.74, 6) is 1.37. The smallest absolute Gasteiger partial charge is 0.322 e. The summed E-state index contributed by atoms with van der Waals surface area (Å²) in [6.07, 6.45) is 2.01. The molecule has 2 rings (SSSR count). The van der Waals surface area contributed by atoms with E-state index < -0.39 is 0 Å². The lowest BCUT2D eigenvalue weighted by Gasteiger charge is -2.29. The first-order valence-corrected chi connectivity index (χ1v) is 8.74. The molecule has 0 heterocycles. The zero-order chi connectivity index (χ0) is 18.2. The molecule has 0 radical (unpaired) electrons. The fraction of sp³-hybridized carbons (Fsp3) is 0.381. The monoisotopic (exact) mass is 340 g/mol. The SMILES string of the molecule is COc1ccc(NC(=O)N(C)C(CCC(C)C)c2ccccc2)cc1. The molecule has 134 valence electrons. The molecule has 2 amide bonds. The minimum Gasteiger partial charge on any atom is -0.497 e. The largest absolute Gasteiger partial charge is 0.497 e. The van der Waals surface area contributed by atoms with E-state index in [1.54, 1.807) is 12.0 Å². The maximum Gasteiger partial charge on any atom is 0.322 e. The van der Waals surface area contributed by atoms with Crippen molar-refractivity contribution in [3.05, 3.63) is 60.2 Å². The second kappa shape index (κ2) is 9.11. The topological polar surface area (TPSA) is 41.6 Å². The summed E-state index contributed by atoms with van der Waals surface area (Å²) < 4.78 is 5.15. The number of nitrogens with zero attached hydrogens (tertiary/aromatic N) is 1. The van der Waals surface area contributed by atoms with Gasteiger partial charge in [0.15, 0.2) is 0 Å². The highest BCUT2D eigenvalue weighted by Gasteiger charge is 2.22. The second-order valence-electron chi connectivity index (χ2n) is 6.67. The van der Waals surface area contributed by atoms with Crippen LogP contribution in [0.3, 0.4) is 0 Å². The molecule has 0 aliphatic carbocycles. The number of benzene rings is 2. The average molecular weight is 340 g/mol. The van der Waals surface area contributed by atoms with Crippen LogP contribution in [0.25, 0.3) is 0 Å². The quantitative estimate of drug-likeness (QED) is 0.739. The van der Waals surface area contributed by atoms with Crippen LogP contribution in [0.4, 0.5) is 10.5 Å². The van der Waals surface area contributed by atoms with Crippen molar-refractivity contribution in [1.29, 1.82) is 0 Å². The molecule has 4 heteroatoms. The van der Waals surface area contributed by atoms with Gasteiger partial charge in [0, 0.05) is 12.7 Å². The van der Waals surface area contributed by atoms with Crippen molar-refractivity contribution in [1.82, 2.24) is 4.90 Å². The Labute approximate surface area is 150 Å². The molecular formula is C21H28N2O2. The summed E-state index contributed by atoms with van der Waals surface area (Å²) in [4.78, 5) is 14.5. The van der Waals surface area contributed by atoms with Crippen molar-refractivity contribution in [3.63, 3.8) is 0 Å². The van der Waals surface area contributed by atoms with E-state index in [4.69, 9.17) is 4.74 Å². The lowest BCUT2D eigenvalue weighted by molar-refractivity contribution is 0.198. The molecule has 2 aromatic carbocycles. The molecule has 25 heavy (non-hydrogen) atoms. The zero-order valence-electron chi connectivity index (χ0n) is 15.5. The Morgan fingerprint density at radius 2 is 1.68 bits per heavy atom. The van der Waals surface area contributed by atoms with Crippen LogP contribution in [0.1, 0.15) is 38.3 Å². The minimum absolute atomic E-state index is 0.0573. The molecule has 0 bridgehead atoms. The van der Waals surface area contributed by atoms with Gasteiger partial charge < -0.3 is 15.0 Å². The Kier molecular flexibility index (Phi) is 6.87. The highest BCUT2D eigenvalue weighted by Crippen LogP contribution is 2.27. The van der Waals surface area contributed by atoms with Gasteiger partial charge in [-0.2, -0.15) is 0 Å². The number of anilines is 1. The standard InChI is InChI=1S/C21H28N2O2/c1-16(2)10-15-20(17-8-6-5-7-9-17)23(3)21(24)22-18-11-13-19(25-4)14-12-18/h5-9,11-14,16,20H,10,15H2,1-4H3,(H,22,24).